The van der Waals surface area contributed by atoms with Gasteiger partial charge in [-0.3, -0.25) is 0 Å². The van der Waals surface area contributed by atoms with Crippen molar-refractivity contribution in [1.29, 1.82) is 0 Å². The van der Waals surface area contributed by atoms with Crippen molar-refractivity contribution in [2.75, 3.05) is 0 Å². The minimum absolute atomic E-state index is 0.571. The summed E-state index contributed by atoms with van der Waals surface area (Å²) in [4.78, 5) is 10.1. The lowest BCUT2D eigenvalue weighted by molar-refractivity contribution is 1.39. The summed E-state index contributed by atoms with van der Waals surface area (Å²) in [5.41, 5.74) is 5.91. The Morgan fingerprint density at radius 1 is 0.438 bits per heavy atom. The predicted octanol–water partition coefficient (Wildman–Crippen LogP) is 8.95. The number of hydrogen-bond acceptors (Lipinski definition) is 2. The zero-order valence-electron chi connectivity index (χ0n) is 16.5. The lowest BCUT2D eigenvalue weighted by atomic mass is 9.96. The SMILES string of the molecule is Clc1ccc2c(c1)N=C(c1ccccc1Cl)c1ccc(Cl)cc1N=C2c1ccccc1Cl. The average Bonchev–Trinajstić information content (AvgIpc) is 2.77. The van der Waals surface area contributed by atoms with Crippen LogP contribution in [0, 0.1) is 0 Å². The van der Waals surface area contributed by atoms with Gasteiger partial charge in [0.25, 0.3) is 0 Å². The highest BCUT2D eigenvalue weighted by Gasteiger charge is 2.22. The number of fused-ring (bicyclic) bond motifs is 2. The Morgan fingerprint density at radius 3 is 1.25 bits per heavy atom. The molecule has 0 fully saturated rings. The zero-order valence-corrected chi connectivity index (χ0v) is 19.5. The Bertz CT molecular complexity index is 1310. The smallest absolute Gasteiger partial charge is 0.0818 e. The van der Waals surface area contributed by atoms with Crippen molar-refractivity contribution >= 4 is 69.2 Å². The van der Waals surface area contributed by atoms with Gasteiger partial charge < -0.3 is 0 Å². The van der Waals surface area contributed by atoms with Gasteiger partial charge in [-0.1, -0.05) is 82.8 Å². The van der Waals surface area contributed by atoms with Crippen molar-refractivity contribution in [2.45, 2.75) is 0 Å². The normalized spacial score (nSPS) is 12.8. The lowest BCUT2D eigenvalue weighted by Gasteiger charge is -2.19. The van der Waals surface area contributed by atoms with Gasteiger partial charge >= 0.3 is 0 Å². The summed E-state index contributed by atoms with van der Waals surface area (Å²) in [6, 6.07) is 26.3. The molecule has 1 heterocycles. The first kappa shape index (κ1) is 21.2. The van der Waals surface area contributed by atoms with Gasteiger partial charge in [0, 0.05) is 42.3 Å². The molecule has 0 saturated heterocycles. The Balaban J connectivity index is 1.89. The number of hydrogen-bond donors (Lipinski definition) is 0. The molecule has 2 nitrogen and oxygen atoms in total. The molecule has 0 radical (unpaired) electrons. The third-order valence-electron chi connectivity index (χ3n) is 5.15. The molecule has 0 saturated carbocycles. The van der Waals surface area contributed by atoms with Crippen LogP contribution in [0.2, 0.25) is 20.1 Å². The van der Waals surface area contributed by atoms with Crippen molar-refractivity contribution in [2.24, 2.45) is 9.98 Å². The molecular weight excluding hydrogens is 482 g/mol. The minimum atomic E-state index is 0.571. The maximum atomic E-state index is 6.57. The zero-order chi connectivity index (χ0) is 22.2. The van der Waals surface area contributed by atoms with Gasteiger partial charge in [-0.2, -0.15) is 0 Å². The number of rotatable bonds is 2. The molecule has 4 aromatic carbocycles. The van der Waals surface area contributed by atoms with E-state index < -0.39 is 0 Å². The summed E-state index contributed by atoms with van der Waals surface area (Å²) in [5, 5.41) is 2.32. The highest BCUT2D eigenvalue weighted by molar-refractivity contribution is 6.38. The monoisotopic (exact) mass is 494 g/mol. The van der Waals surface area contributed by atoms with Crippen LogP contribution in [-0.2, 0) is 0 Å². The molecule has 1 aliphatic heterocycles. The van der Waals surface area contributed by atoms with Crippen LogP contribution in [0.5, 0.6) is 0 Å². The summed E-state index contributed by atoms with van der Waals surface area (Å²) < 4.78 is 0. The largest absolute Gasteiger partial charge is 0.247 e. The van der Waals surface area contributed by atoms with Crippen molar-refractivity contribution < 1.29 is 0 Å². The molecule has 0 bridgehead atoms. The standard InChI is InChI=1S/C26H14Cl4N2/c27-15-9-11-19-23(13-15)32-26(18-6-2-4-8-22(18)30)20-12-10-16(28)14-24(20)31-25(19)17-5-1-3-7-21(17)29/h1-14H. The van der Waals surface area contributed by atoms with Crippen molar-refractivity contribution in [3.8, 4) is 0 Å². The first-order valence-electron chi connectivity index (χ1n) is 9.78. The van der Waals surface area contributed by atoms with Gasteiger partial charge in [0.05, 0.1) is 22.8 Å². The fraction of sp³-hybridized carbons (Fsp3) is 0. The molecule has 0 atom stereocenters. The summed E-state index contributed by atoms with van der Waals surface area (Å²) in [6.45, 7) is 0. The molecule has 6 heteroatoms. The van der Waals surface area contributed by atoms with Crippen molar-refractivity contribution in [3.05, 3.63) is 127 Å². The van der Waals surface area contributed by atoms with E-state index in [1.807, 2.05) is 84.9 Å². The van der Waals surface area contributed by atoms with Gasteiger partial charge in [-0.05, 0) is 48.5 Å². The van der Waals surface area contributed by atoms with E-state index in [0.717, 1.165) is 22.3 Å². The van der Waals surface area contributed by atoms with Gasteiger partial charge in [0.15, 0.2) is 0 Å². The summed E-state index contributed by atoms with van der Waals surface area (Å²) in [7, 11) is 0. The van der Waals surface area contributed by atoms with Crippen LogP contribution >= 0.6 is 46.4 Å². The predicted molar refractivity (Wildman–Crippen MR) is 136 cm³/mol. The summed E-state index contributed by atoms with van der Waals surface area (Å²) >= 11 is 25.9. The molecule has 1 aliphatic rings. The van der Waals surface area contributed by atoms with E-state index >= 15 is 0 Å². The van der Waals surface area contributed by atoms with Crippen LogP contribution in [-0.4, -0.2) is 11.4 Å². The molecule has 0 aromatic heterocycles. The van der Waals surface area contributed by atoms with Crippen LogP contribution in [0.15, 0.2) is 94.9 Å². The van der Waals surface area contributed by atoms with E-state index in [1.54, 1.807) is 0 Å². The topological polar surface area (TPSA) is 24.7 Å². The van der Waals surface area contributed by atoms with Gasteiger partial charge in [0.1, 0.15) is 0 Å². The first-order valence-corrected chi connectivity index (χ1v) is 11.3. The highest BCUT2D eigenvalue weighted by atomic mass is 35.5. The molecule has 5 rings (SSSR count). The van der Waals surface area contributed by atoms with Crippen molar-refractivity contribution in [3.63, 3.8) is 0 Å². The second kappa shape index (κ2) is 8.73. The fourth-order valence-corrected chi connectivity index (χ4v) is 4.46. The first-order chi connectivity index (χ1) is 15.5. The summed E-state index contributed by atoms with van der Waals surface area (Å²) in [6.07, 6.45) is 0. The van der Waals surface area contributed by atoms with Gasteiger partial charge in [0.2, 0.25) is 0 Å². The lowest BCUT2D eigenvalue weighted by Crippen LogP contribution is -2.11. The van der Waals surface area contributed by atoms with E-state index in [2.05, 4.69) is 0 Å². The third kappa shape index (κ3) is 3.96. The van der Waals surface area contributed by atoms with E-state index in [-0.39, 0.29) is 0 Å². The molecule has 0 aliphatic carbocycles. The number of aliphatic imine (C=N–C) groups is 2. The Kier molecular flexibility index (Phi) is 5.79. The second-order valence-corrected chi connectivity index (χ2v) is 8.89. The molecular formula is C26H14Cl4N2. The number of halogens is 4. The molecule has 32 heavy (non-hydrogen) atoms. The van der Waals surface area contributed by atoms with E-state index in [9.17, 15) is 0 Å². The minimum Gasteiger partial charge on any atom is -0.247 e. The average molecular weight is 496 g/mol. The van der Waals surface area contributed by atoms with Gasteiger partial charge in [-0.15, -0.1) is 0 Å². The maximum Gasteiger partial charge on any atom is 0.0818 e. The Morgan fingerprint density at radius 2 is 0.844 bits per heavy atom. The summed E-state index contributed by atoms with van der Waals surface area (Å²) in [5.74, 6) is 0. The molecule has 0 N–H and O–H groups in total. The van der Waals surface area contributed by atoms with E-state index in [0.29, 0.717) is 42.9 Å². The molecule has 0 amide bonds. The van der Waals surface area contributed by atoms with E-state index in [4.69, 9.17) is 56.4 Å². The van der Waals surface area contributed by atoms with Crippen molar-refractivity contribution in [1.82, 2.24) is 0 Å². The number of nitrogens with zero attached hydrogens (tertiary/aromatic N) is 2. The number of benzene rings is 4. The van der Waals surface area contributed by atoms with Gasteiger partial charge in [-0.25, -0.2) is 9.98 Å². The quantitative estimate of drug-likeness (QED) is 0.233. The Hall–Kier alpha value is -2.62. The maximum absolute atomic E-state index is 6.57. The van der Waals surface area contributed by atoms with Crippen LogP contribution in [0.25, 0.3) is 0 Å². The van der Waals surface area contributed by atoms with E-state index in [1.165, 1.54) is 0 Å². The molecule has 0 unspecified atom stereocenters. The molecule has 4 aromatic rings. The second-order valence-electron chi connectivity index (χ2n) is 7.20. The third-order valence-corrected chi connectivity index (χ3v) is 6.28. The van der Waals surface area contributed by atoms with Crippen LogP contribution in [0.3, 0.4) is 0 Å². The Labute approximate surface area is 205 Å². The van der Waals surface area contributed by atoms with Crippen LogP contribution < -0.4 is 0 Å². The molecule has 156 valence electrons. The molecule has 0 spiro atoms. The van der Waals surface area contributed by atoms with Crippen LogP contribution in [0.1, 0.15) is 22.3 Å². The highest BCUT2D eigenvalue weighted by Crippen LogP contribution is 2.37. The van der Waals surface area contributed by atoms with Crippen LogP contribution in [0.4, 0.5) is 11.4 Å². The fourth-order valence-electron chi connectivity index (χ4n) is 3.67.